The standard InChI is InChI=1S/C10H19N3O2/c1-7-9(8(2)13-12-7)5-11-6-10(14-3)15-4/h10-11H,5-6H2,1-4H3,(H,12,13). The maximum atomic E-state index is 5.07. The van der Waals surface area contributed by atoms with Gasteiger partial charge < -0.3 is 14.8 Å². The summed E-state index contributed by atoms with van der Waals surface area (Å²) >= 11 is 0. The number of hydrogen-bond acceptors (Lipinski definition) is 4. The first-order valence-electron chi connectivity index (χ1n) is 4.95. The van der Waals surface area contributed by atoms with Crippen molar-refractivity contribution in [1.82, 2.24) is 15.5 Å². The average Bonchev–Trinajstić information content (AvgIpc) is 2.55. The first kappa shape index (κ1) is 12.2. The van der Waals surface area contributed by atoms with Crippen molar-refractivity contribution in [1.29, 1.82) is 0 Å². The molecule has 0 radical (unpaired) electrons. The molecule has 1 aromatic rings. The lowest BCUT2D eigenvalue weighted by atomic mass is 10.2. The summed E-state index contributed by atoms with van der Waals surface area (Å²) in [6.07, 6.45) is -0.197. The summed E-state index contributed by atoms with van der Waals surface area (Å²) in [6, 6.07) is 0. The summed E-state index contributed by atoms with van der Waals surface area (Å²) in [5.74, 6) is 0. The topological polar surface area (TPSA) is 59.2 Å². The Hall–Kier alpha value is -0.910. The summed E-state index contributed by atoms with van der Waals surface area (Å²) in [4.78, 5) is 0. The van der Waals surface area contributed by atoms with E-state index in [0.717, 1.165) is 17.9 Å². The van der Waals surface area contributed by atoms with Gasteiger partial charge in [0.15, 0.2) is 6.29 Å². The number of hydrogen-bond donors (Lipinski definition) is 2. The Morgan fingerprint density at radius 3 is 2.47 bits per heavy atom. The van der Waals surface area contributed by atoms with Crippen molar-refractivity contribution in [2.24, 2.45) is 0 Å². The number of methoxy groups -OCH3 is 2. The molecule has 0 aromatic carbocycles. The molecule has 0 fully saturated rings. The molecular formula is C10H19N3O2. The van der Waals surface area contributed by atoms with Crippen LogP contribution in [0.4, 0.5) is 0 Å². The molecule has 0 aliphatic carbocycles. The van der Waals surface area contributed by atoms with Gasteiger partial charge in [0.2, 0.25) is 0 Å². The highest BCUT2D eigenvalue weighted by atomic mass is 16.7. The number of H-pyrrole nitrogens is 1. The lowest BCUT2D eigenvalue weighted by Crippen LogP contribution is -2.29. The highest BCUT2D eigenvalue weighted by Gasteiger charge is 2.08. The average molecular weight is 213 g/mol. The molecule has 0 saturated heterocycles. The molecule has 0 aliphatic rings. The van der Waals surface area contributed by atoms with E-state index in [0.29, 0.717) is 6.54 Å². The van der Waals surface area contributed by atoms with Gasteiger partial charge in [-0.1, -0.05) is 0 Å². The molecule has 15 heavy (non-hydrogen) atoms. The van der Waals surface area contributed by atoms with Crippen molar-refractivity contribution in [3.05, 3.63) is 17.0 Å². The van der Waals surface area contributed by atoms with E-state index in [2.05, 4.69) is 15.5 Å². The number of rotatable bonds is 6. The van der Waals surface area contributed by atoms with Gasteiger partial charge in [0, 0.05) is 38.6 Å². The number of ether oxygens (including phenoxy) is 2. The molecule has 5 nitrogen and oxygen atoms in total. The smallest absolute Gasteiger partial charge is 0.169 e. The van der Waals surface area contributed by atoms with Gasteiger partial charge in [-0.25, -0.2) is 0 Å². The van der Waals surface area contributed by atoms with Gasteiger partial charge >= 0.3 is 0 Å². The first-order valence-corrected chi connectivity index (χ1v) is 4.95. The van der Waals surface area contributed by atoms with E-state index in [9.17, 15) is 0 Å². The Bertz CT molecular complexity index is 275. The number of nitrogens with one attached hydrogen (secondary N) is 2. The van der Waals surface area contributed by atoms with Gasteiger partial charge in [0.1, 0.15) is 0 Å². The Morgan fingerprint density at radius 1 is 1.33 bits per heavy atom. The second kappa shape index (κ2) is 5.85. The molecule has 0 saturated carbocycles. The van der Waals surface area contributed by atoms with Crippen LogP contribution in [0.5, 0.6) is 0 Å². The lowest BCUT2D eigenvalue weighted by molar-refractivity contribution is -0.0989. The zero-order valence-corrected chi connectivity index (χ0v) is 9.76. The van der Waals surface area contributed by atoms with E-state index in [4.69, 9.17) is 9.47 Å². The second-order valence-electron chi connectivity index (χ2n) is 3.44. The normalized spacial score (nSPS) is 11.3. The summed E-state index contributed by atoms with van der Waals surface area (Å²) in [5, 5.41) is 10.3. The fourth-order valence-corrected chi connectivity index (χ4v) is 1.41. The Balaban J connectivity index is 2.37. The van der Waals surface area contributed by atoms with Crippen molar-refractivity contribution < 1.29 is 9.47 Å². The molecule has 0 unspecified atom stereocenters. The van der Waals surface area contributed by atoms with Crippen LogP contribution in [0.2, 0.25) is 0 Å². The van der Waals surface area contributed by atoms with E-state index in [1.54, 1.807) is 14.2 Å². The van der Waals surface area contributed by atoms with Gasteiger partial charge in [0.05, 0.1) is 5.69 Å². The van der Waals surface area contributed by atoms with Crippen LogP contribution in [0, 0.1) is 13.8 Å². The predicted molar refractivity (Wildman–Crippen MR) is 57.6 cm³/mol. The van der Waals surface area contributed by atoms with Crippen molar-refractivity contribution in [2.45, 2.75) is 26.7 Å². The number of aromatic amines is 1. The van der Waals surface area contributed by atoms with Crippen LogP contribution in [-0.2, 0) is 16.0 Å². The van der Waals surface area contributed by atoms with Gasteiger partial charge in [-0.3, -0.25) is 5.10 Å². The SMILES string of the molecule is COC(CNCc1c(C)n[nH]c1C)OC. The number of nitrogens with zero attached hydrogens (tertiary/aromatic N) is 1. The van der Waals surface area contributed by atoms with E-state index in [-0.39, 0.29) is 6.29 Å². The van der Waals surface area contributed by atoms with E-state index >= 15 is 0 Å². The third-order valence-corrected chi connectivity index (χ3v) is 2.42. The van der Waals surface area contributed by atoms with Gasteiger partial charge in [-0.05, 0) is 13.8 Å². The summed E-state index contributed by atoms with van der Waals surface area (Å²) in [5.41, 5.74) is 3.35. The third-order valence-electron chi connectivity index (χ3n) is 2.42. The molecule has 1 aromatic heterocycles. The van der Waals surface area contributed by atoms with Gasteiger partial charge in [-0.15, -0.1) is 0 Å². The molecule has 2 N–H and O–H groups in total. The number of aromatic nitrogens is 2. The molecule has 5 heteroatoms. The van der Waals surface area contributed by atoms with Crippen molar-refractivity contribution in [2.75, 3.05) is 20.8 Å². The molecule has 86 valence electrons. The Morgan fingerprint density at radius 2 is 2.00 bits per heavy atom. The largest absolute Gasteiger partial charge is 0.355 e. The minimum atomic E-state index is -0.197. The minimum Gasteiger partial charge on any atom is -0.355 e. The fourth-order valence-electron chi connectivity index (χ4n) is 1.41. The van der Waals surface area contributed by atoms with Crippen LogP contribution in [0.1, 0.15) is 17.0 Å². The van der Waals surface area contributed by atoms with E-state index in [1.807, 2.05) is 13.8 Å². The Kier molecular flexibility index (Phi) is 4.74. The van der Waals surface area contributed by atoms with Crippen LogP contribution >= 0.6 is 0 Å². The molecule has 0 aliphatic heterocycles. The van der Waals surface area contributed by atoms with Crippen LogP contribution in [0.15, 0.2) is 0 Å². The highest BCUT2D eigenvalue weighted by molar-refractivity contribution is 5.22. The molecule has 1 rings (SSSR count). The fraction of sp³-hybridized carbons (Fsp3) is 0.700. The predicted octanol–water partition coefficient (Wildman–Crippen LogP) is 0.735. The first-order chi connectivity index (χ1) is 7.19. The zero-order chi connectivity index (χ0) is 11.3. The Labute approximate surface area is 90.2 Å². The zero-order valence-electron chi connectivity index (χ0n) is 9.76. The highest BCUT2D eigenvalue weighted by Crippen LogP contribution is 2.08. The maximum Gasteiger partial charge on any atom is 0.169 e. The molecule has 0 spiro atoms. The van der Waals surface area contributed by atoms with Gasteiger partial charge in [-0.2, -0.15) is 5.10 Å². The second-order valence-corrected chi connectivity index (χ2v) is 3.44. The van der Waals surface area contributed by atoms with Crippen molar-refractivity contribution in [3.8, 4) is 0 Å². The van der Waals surface area contributed by atoms with Crippen molar-refractivity contribution in [3.63, 3.8) is 0 Å². The summed E-state index contributed by atoms with van der Waals surface area (Å²) in [6.45, 7) is 5.44. The van der Waals surface area contributed by atoms with E-state index < -0.39 is 0 Å². The van der Waals surface area contributed by atoms with Crippen LogP contribution in [-0.4, -0.2) is 37.3 Å². The van der Waals surface area contributed by atoms with E-state index in [1.165, 1.54) is 5.56 Å². The molecule has 0 amide bonds. The van der Waals surface area contributed by atoms with Crippen molar-refractivity contribution >= 4 is 0 Å². The monoisotopic (exact) mass is 213 g/mol. The minimum absolute atomic E-state index is 0.197. The maximum absolute atomic E-state index is 5.07. The summed E-state index contributed by atoms with van der Waals surface area (Å²) in [7, 11) is 3.26. The molecule has 0 atom stereocenters. The lowest BCUT2D eigenvalue weighted by Gasteiger charge is -2.13. The molecule has 0 bridgehead atoms. The number of aryl methyl sites for hydroxylation is 2. The van der Waals surface area contributed by atoms with Crippen LogP contribution in [0.25, 0.3) is 0 Å². The van der Waals surface area contributed by atoms with Crippen LogP contribution in [0.3, 0.4) is 0 Å². The third kappa shape index (κ3) is 3.30. The molecule has 1 heterocycles. The quantitative estimate of drug-likeness (QED) is 0.684. The molecular weight excluding hydrogens is 194 g/mol. The van der Waals surface area contributed by atoms with Crippen LogP contribution < -0.4 is 5.32 Å². The summed E-state index contributed by atoms with van der Waals surface area (Å²) < 4.78 is 10.1. The van der Waals surface area contributed by atoms with Gasteiger partial charge in [0.25, 0.3) is 0 Å².